The molecule has 4 N–H and O–H groups in total. The summed E-state index contributed by atoms with van der Waals surface area (Å²) in [6.45, 7) is 6.78. The molecule has 0 saturated carbocycles. The van der Waals surface area contributed by atoms with Gasteiger partial charge in [0.1, 0.15) is 17.5 Å². The molecule has 0 aliphatic carbocycles. The Labute approximate surface area is 118 Å². The van der Waals surface area contributed by atoms with E-state index in [2.05, 4.69) is 46.5 Å². The molecule has 0 bridgehead atoms. The fourth-order valence-electron chi connectivity index (χ4n) is 1.63. The Morgan fingerprint density at radius 2 is 1.90 bits per heavy atom. The summed E-state index contributed by atoms with van der Waals surface area (Å²) in [5, 5.41) is 3.24. The normalized spacial score (nSPS) is 11.2. The van der Waals surface area contributed by atoms with Gasteiger partial charge < -0.3 is 10.7 Å². The second-order valence-corrected chi connectivity index (χ2v) is 5.53. The van der Waals surface area contributed by atoms with Crippen LogP contribution in [0.4, 0.5) is 11.6 Å². The number of rotatable bonds is 4. The number of hydrogen-bond acceptors (Lipinski definition) is 6. The van der Waals surface area contributed by atoms with Crippen molar-refractivity contribution in [1.82, 2.24) is 15.0 Å². The fraction of sp³-hybridized carbons (Fsp3) is 0.357. The van der Waals surface area contributed by atoms with Gasteiger partial charge in [0.15, 0.2) is 0 Å². The standard InChI is InChI=1S/C14H20N6/c1-14(2,3)13-18-11(8-12(19-13)20-15)17-9-10-6-4-5-7-16-10/h4-8H,9,15H2,1-3H3,(H2,17,18,19,20). The van der Waals surface area contributed by atoms with Gasteiger partial charge in [-0.3, -0.25) is 4.98 Å². The molecule has 6 heteroatoms. The molecule has 2 rings (SSSR count). The van der Waals surface area contributed by atoms with Crippen LogP contribution in [0.25, 0.3) is 0 Å². The highest BCUT2D eigenvalue weighted by Crippen LogP contribution is 2.22. The molecule has 0 amide bonds. The van der Waals surface area contributed by atoms with Gasteiger partial charge in [-0.15, -0.1) is 0 Å². The van der Waals surface area contributed by atoms with Crippen molar-refractivity contribution < 1.29 is 0 Å². The monoisotopic (exact) mass is 272 g/mol. The largest absolute Gasteiger partial charge is 0.364 e. The summed E-state index contributed by atoms with van der Waals surface area (Å²) in [5.74, 6) is 7.51. The van der Waals surface area contributed by atoms with Gasteiger partial charge in [-0.25, -0.2) is 15.8 Å². The molecule has 106 valence electrons. The van der Waals surface area contributed by atoms with E-state index >= 15 is 0 Å². The van der Waals surface area contributed by atoms with Crippen LogP contribution in [0.5, 0.6) is 0 Å². The highest BCUT2D eigenvalue weighted by atomic mass is 15.3. The summed E-state index contributed by atoms with van der Waals surface area (Å²) in [7, 11) is 0. The lowest BCUT2D eigenvalue weighted by Crippen LogP contribution is -2.20. The summed E-state index contributed by atoms with van der Waals surface area (Å²) in [5.41, 5.74) is 3.38. The van der Waals surface area contributed by atoms with Crippen LogP contribution in [0.3, 0.4) is 0 Å². The maximum Gasteiger partial charge on any atom is 0.145 e. The van der Waals surface area contributed by atoms with Crippen molar-refractivity contribution in [2.24, 2.45) is 5.84 Å². The molecule has 0 radical (unpaired) electrons. The van der Waals surface area contributed by atoms with Crippen molar-refractivity contribution in [1.29, 1.82) is 0 Å². The molecular weight excluding hydrogens is 252 g/mol. The Morgan fingerprint density at radius 1 is 1.15 bits per heavy atom. The predicted octanol–water partition coefficient (Wildman–Crippen LogP) is 2.07. The minimum Gasteiger partial charge on any atom is -0.364 e. The number of nitrogens with zero attached hydrogens (tertiary/aromatic N) is 3. The van der Waals surface area contributed by atoms with Gasteiger partial charge in [0, 0.05) is 17.7 Å². The molecule has 0 aliphatic heterocycles. The SMILES string of the molecule is CC(C)(C)c1nc(NN)cc(NCc2ccccn2)n1. The molecule has 2 heterocycles. The van der Waals surface area contributed by atoms with E-state index in [9.17, 15) is 0 Å². The lowest BCUT2D eigenvalue weighted by Gasteiger charge is -2.18. The molecule has 0 unspecified atom stereocenters. The zero-order valence-electron chi connectivity index (χ0n) is 12.0. The third-order valence-corrected chi connectivity index (χ3v) is 2.72. The highest BCUT2D eigenvalue weighted by Gasteiger charge is 2.19. The second-order valence-electron chi connectivity index (χ2n) is 5.53. The van der Waals surface area contributed by atoms with Gasteiger partial charge in [0.25, 0.3) is 0 Å². The average molecular weight is 272 g/mol. The summed E-state index contributed by atoms with van der Waals surface area (Å²) < 4.78 is 0. The Hall–Kier alpha value is -2.21. The van der Waals surface area contributed by atoms with Crippen molar-refractivity contribution in [3.63, 3.8) is 0 Å². The smallest absolute Gasteiger partial charge is 0.145 e. The summed E-state index contributed by atoms with van der Waals surface area (Å²) in [6, 6.07) is 7.58. The van der Waals surface area contributed by atoms with E-state index in [1.54, 1.807) is 12.3 Å². The quantitative estimate of drug-likeness (QED) is 0.583. The number of pyridine rings is 1. The zero-order valence-corrected chi connectivity index (χ0v) is 12.0. The highest BCUT2D eigenvalue weighted by molar-refractivity contribution is 5.47. The van der Waals surface area contributed by atoms with E-state index in [0.717, 1.165) is 17.3 Å². The van der Waals surface area contributed by atoms with Gasteiger partial charge in [-0.05, 0) is 12.1 Å². The summed E-state index contributed by atoms with van der Waals surface area (Å²) in [6.07, 6.45) is 1.77. The van der Waals surface area contributed by atoms with Crippen LogP contribution in [-0.4, -0.2) is 15.0 Å². The summed E-state index contributed by atoms with van der Waals surface area (Å²) in [4.78, 5) is 13.2. The van der Waals surface area contributed by atoms with E-state index in [-0.39, 0.29) is 5.41 Å². The zero-order chi connectivity index (χ0) is 14.6. The Morgan fingerprint density at radius 3 is 2.50 bits per heavy atom. The Balaban J connectivity index is 2.19. The molecule has 20 heavy (non-hydrogen) atoms. The first-order valence-corrected chi connectivity index (χ1v) is 6.49. The van der Waals surface area contributed by atoms with Crippen molar-refractivity contribution in [2.45, 2.75) is 32.7 Å². The first kappa shape index (κ1) is 14.2. The van der Waals surface area contributed by atoms with Crippen molar-refractivity contribution in [2.75, 3.05) is 10.7 Å². The van der Waals surface area contributed by atoms with Gasteiger partial charge >= 0.3 is 0 Å². The molecule has 0 aliphatic rings. The molecule has 0 spiro atoms. The van der Waals surface area contributed by atoms with Crippen LogP contribution in [-0.2, 0) is 12.0 Å². The minimum absolute atomic E-state index is 0.145. The van der Waals surface area contributed by atoms with Gasteiger partial charge in [-0.1, -0.05) is 26.8 Å². The van der Waals surface area contributed by atoms with Crippen LogP contribution >= 0.6 is 0 Å². The fourth-order valence-corrected chi connectivity index (χ4v) is 1.63. The van der Waals surface area contributed by atoms with Crippen LogP contribution in [0.15, 0.2) is 30.5 Å². The number of nitrogen functional groups attached to an aromatic ring is 1. The molecule has 0 saturated heterocycles. The van der Waals surface area contributed by atoms with Crippen LogP contribution in [0, 0.1) is 0 Å². The predicted molar refractivity (Wildman–Crippen MR) is 80.1 cm³/mol. The third kappa shape index (κ3) is 3.64. The summed E-state index contributed by atoms with van der Waals surface area (Å²) >= 11 is 0. The molecule has 6 nitrogen and oxygen atoms in total. The topological polar surface area (TPSA) is 88.8 Å². The van der Waals surface area contributed by atoms with Crippen molar-refractivity contribution in [3.8, 4) is 0 Å². The first-order chi connectivity index (χ1) is 9.49. The van der Waals surface area contributed by atoms with E-state index in [0.29, 0.717) is 12.4 Å². The van der Waals surface area contributed by atoms with Gasteiger partial charge in [0.2, 0.25) is 0 Å². The number of aromatic nitrogens is 3. The molecule has 2 aromatic rings. The third-order valence-electron chi connectivity index (χ3n) is 2.72. The van der Waals surface area contributed by atoms with Crippen molar-refractivity contribution in [3.05, 3.63) is 42.0 Å². The molecule has 2 aromatic heterocycles. The number of hydrogen-bond donors (Lipinski definition) is 3. The Kier molecular flexibility index (Phi) is 4.14. The van der Waals surface area contributed by atoms with Gasteiger partial charge in [-0.2, -0.15) is 0 Å². The number of nitrogens with one attached hydrogen (secondary N) is 2. The Bertz CT molecular complexity index is 562. The van der Waals surface area contributed by atoms with Crippen LogP contribution < -0.4 is 16.6 Å². The maximum absolute atomic E-state index is 5.46. The van der Waals surface area contributed by atoms with Crippen molar-refractivity contribution >= 4 is 11.6 Å². The minimum atomic E-state index is -0.145. The van der Waals surface area contributed by atoms with E-state index in [1.807, 2.05) is 18.2 Å². The van der Waals surface area contributed by atoms with E-state index in [4.69, 9.17) is 5.84 Å². The molecule has 0 fully saturated rings. The average Bonchev–Trinajstić information content (AvgIpc) is 2.45. The first-order valence-electron chi connectivity index (χ1n) is 6.49. The number of hydrazine groups is 1. The van der Waals surface area contributed by atoms with Crippen LogP contribution in [0.1, 0.15) is 32.3 Å². The van der Waals surface area contributed by atoms with E-state index < -0.39 is 0 Å². The lowest BCUT2D eigenvalue weighted by atomic mass is 9.96. The molecule has 0 atom stereocenters. The van der Waals surface area contributed by atoms with Crippen LogP contribution in [0.2, 0.25) is 0 Å². The van der Waals surface area contributed by atoms with E-state index in [1.165, 1.54) is 0 Å². The maximum atomic E-state index is 5.46. The lowest BCUT2D eigenvalue weighted by molar-refractivity contribution is 0.546. The van der Waals surface area contributed by atoms with Gasteiger partial charge in [0.05, 0.1) is 12.2 Å². The number of anilines is 2. The molecular formula is C14H20N6. The second kappa shape index (κ2) is 5.83. The molecule has 0 aromatic carbocycles. The number of nitrogens with two attached hydrogens (primary N) is 1.